The van der Waals surface area contributed by atoms with Gasteiger partial charge in [0.05, 0.1) is 5.69 Å². The Bertz CT molecular complexity index is 546. The summed E-state index contributed by atoms with van der Waals surface area (Å²) in [5.74, 6) is 1.82. The molecular formula is C18H26N2OS. The summed E-state index contributed by atoms with van der Waals surface area (Å²) in [7, 11) is 0. The van der Waals surface area contributed by atoms with Crippen molar-refractivity contribution in [3.63, 3.8) is 0 Å². The number of benzene rings is 1. The van der Waals surface area contributed by atoms with Crippen molar-refractivity contribution in [2.75, 3.05) is 23.7 Å². The van der Waals surface area contributed by atoms with Crippen molar-refractivity contribution in [1.82, 2.24) is 5.32 Å². The number of thioether (sulfide) groups is 1. The molecule has 3 rings (SSSR count). The zero-order valence-electron chi connectivity index (χ0n) is 13.6. The molecule has 1 N–H and O–H groups in total. The standard InChI is InChI=1S/C18H26N2OS/c1-3-20-10-11-22-17-9-8-14(12-16(17)20)18(21)19-15-7-5-4-6-13(15)2/h8-9,12-13,15H,3-7,10-11H2,1-2H3,(H,19,21). The summed E-state index contributed by atoms with van der Waals surface area (Å²) in [5.41, 5.74) is 2.03. The second-order valence-corrected chi connectivity index (χ2v) is 7.59. The molecule has 1 fully saturated rings. The highest BCUT2D eigenvalue weighted by molar-refractivity contribution is 7.99. The van der Waals surface area contributed by atoms with E-state index in [0.717, 1.165) is 30.8 Å². The fraction of sp³-hybridized carbons (Fsp3) is 0.611. The molecule has 0 radical (unpaired) electrons. The van der Waals surface area contributed by atoms with Crippen LogP contribution in [0.25, 0.3) is 0 Å². The quantitative estimate of drug-likeness (QED) is 0.916. The number of fused-ring (bicyclic) bond motifs is 1. The monoisotopic (exact) mass is 318 g/mol. The van der Waals surface area contributed by atoms with E-state index >= 15 is 0 Å². The lowest BCUT2D eigenvalue weighted by atomic mass is 9.86. The zero-order valence-corrected chi connectivity index (χ0v) is 14.4. The summed E-state index contributed by atoms with van der Waals surface area (Å²) in [5, 5.41) is 3.26. The summed E-state index contributed by atoms with van der Waals surface area (Å²) < 4.78 is 0. The molecule has 1 aromatic rings. The highest BCUT2D eigenvalue weighted by Gasteiger charge is 2.24. The summed E-state index contributed by atoms with van der Waals surface area (Å²) in [6.45, 7) is 6.50. The Labute approximate surface area is 137 Å². The minimum atomic E-state index is 0.0909. The molecule has 4 heteroatoms. The molecular weight excluding hydrogens is 292 g/mol. The topological polar surface area (TPSA) is 32.3 Å². The Balaban J connectivity index is 1.75. The van der Waals surface area contributed by atoms with E-state index < -0.39 is 0 Å². The Kier molecular flexibility index (Phi) is 4.97. The highest BCUT2D eigenvalue weighted by atomic mass is 32.2. The first-order chi connectivity index (χ1) is 10.7. The van der Waals surface area contributed by atoms with Crippen LogP contribution in [-0.2, 0) is 0 Å². The summed E-state index contributed by atoms with van der Waals surface area (Å²) >= 11 is 1.89. The smallest absolute Gasteiger partial charge is 0.251 e. The maximum Gasteiger partial charge on any atom is 0.251 e. The number of anilines is 1. The number of hydrogen-bond donors (Lipinski definition) is 1. The molecule has 2 unspecified atom stereocenters. The highest BCUT2D eigenvalue weighted by Crippen LogP contribution is 2.35. The van der Waals surface area contributed by atoms with Crippen LogP contribution in [-0.4, -0.2) is 30.8 Å². The number of hydrogen-bond acceptors (Lipinski definition) is 3. The number of nitrogens with zero attached hydrogens (tertiary/aromatic N) is 1. The molecule has 2 atom stereocenters. The third-order valence-corrected chi connectivity index (χ3v) is 6.03. The lowest BCUT2D eigenvalue weighted by molar-refractivity contribution is 0.0910. The predicted molar refractivity (Wildman–Crippen MR) is 93.9 cm³/mol. The van der Waals surface area contributed by atoms with Crippen molar-refractivity contribution in [2.24, 2.45) is 5.92 Å². The van der Waals surface area contributed by atoms with Gasteiger partial charge < -0.3 is 10.2 Å². The van der Waals surface area contributed by atoms with Crippen LogP contribution in [0, 0.1) is 5.92 Å². The van der Waals surface area contributed by atoms with Gasteiger partial charge in [0.25, 0.3) is 5.91 Å². The molecule has 22 heavy (non-hydrogen) atoms. The summed E-state index contributed by atoms with van der Waals surface area (Å²) in [6, 6.07) is 6.51. The second kappa shape index (κ2) is 6.95. The zero-order chi connectivity index (χ0) is 15.5. The normalized spacial score (nSPS) is 24.7. The van der Waals surface area contributed by atoms with Gasteiger partial charge in [-0.1, -0.05) is 19.8 Å². The van der Waals surface area contributed by atoms with E-state index in [2.05, 4.69) is 36.2 Å². The minimum Gasteiger partial charge on any atom is -0.370 e. The van der Waals surface area contributed by atoms with Crippen molar-refractivity contribution in [3.8, 4) is 0 Å². The molecule has 1 aliphatic heterocycles. The fourth-order valence-corrected chi connectivity index (χ4v) is 4.56. The first-order valence-corrected chi connectivity index (χ1v) is 9.50. The van der Waals surface area contributed by atoms with Crippen LogP contribution in [0.3, 0.4) is 0 Å². The van der Waals surface area contributed by atoms with Gasteiger partial charge in [0.15, 0.2) is 0 Å². The Hall–Kier alpha value is -1.16. The molecule has 1 saturated carbocycles. The van der Waals surface area contributed by atoms with Gasteiger partial charge in [0.2, 0.25) is 0 Å². The van der Waals surface area contributed by atoms with Crippen LogP contribution in [0.4, 0.5) is 5.69 Å². The van der Waals surface area contributed by atoms with Crippen molar-refractivity contribution < 1.29 is 4.79 Å². The van der Waals surface area contributed by atoms with Crippen LogP contribution in [0.5, 0.6) is 0 Å². The number of rotatable bonds is 3. The third kappa shape index (κ3) is 3.27. The van der Waals surface area contributed by atoms with E-state index in [1.54, 1.807) is 0 Å². The van der Waals surface area contributed by atoms with Gasteiger partial charge in [-0.3, -0.25) is 4.79 Å². The largest absolute Gasteiger partial charge is 0.370 e. The molecule has 0 saturated heterocycles. The van der Waals surface area contributed by atoms with E-state index in [1.807, 2.05) is 17.8 Å². The average molecular weight is 318 g/mol. The predicted octanol–water partition coefficient (Wildman–Crippen LogP) is 3.93. The fourth-order valence-electron chi connectivity index (χ4n) is 3.52. The second-order valence-electron chi connectivity index (χ2n) is 6.45. The number of nitrogens with one attached hydrogen (secondary N) is 1. The van der Waals surface area contributed by atoms with Crippen LogP contribution in [0.2, 0.25) is 0 Å². The van der Waals surface area contributed by atoms with Gasteiger partial charge in [0, 0.05) is 35.3 Å². The molecule has 120 valence electrons. The van der Waals surface area contributed by atoms with Gasteiger partial charge in [-0.05, 0) is 43.9 Å². The summed E-state index contributed by atoms with van der Waals surface area (Å²) in [6.07, 6.45) is 4.89. The molecule has 0 bridgehead atoms. The maximum atomic E-state index is 12.6. The van der Waals surface area contributed by atoms with E-state index in [4.69, 9.17) is 0 Å². The molecule has 0 aromatic heterocycles. The van der Waals surface area contributed by atoms with Crippen molar-refractivity contribution in [1.29, 1.82) is 0 Å². The number of carbonyl (C=O) groups is 1. The summed E-state index contributed by atoms with van der Waals surface area (Å²) in [4.78, 5) is 16.3. The van der Waals surface area contributed by atoms with Crippen LogP contribution >= 0.6 is 11.8 Å². The van der Waals surface area contributed by atoms with Crippen LogP contribution in [0.15, 0.2) is 23.1 Å². The minimum absolute atomic E-state index is 0.0909. The van der Waals surface area contributed by atoms with Crippen molar-refractivity contribution in [3.05, 3.63) is 23.8 Å². The van der Waals surface area contributed by atoms with Gasteiger partial charge >= 0.3 is 0 Å². The van der Waals surface area contributed by atoms with Crippen molar-refractivity contribution >= 4 is 23.4 Å². The first-order valence-electron chi connectivity index (χ1n) is 8.51. The lowest BCUT2D eigenvalue weighted by Crippen LogP contribution is -2.41. The van der Waals surface area contributed by atoms with E-state index in [-0.39, 0.29) is 5.91 Å². The SMILES string of the molecule is CCN1CCSc2ccc(C(=O)NC3CCCCC3C)cc21. The molecule has 1 aromatic carbocycles. The van der Waals surface area contributed by atoms with Gasteiger partial charge in [0.1, 0.15) is 0 Å². The molecule has 1 aliphatic carbocycles. The van der Waals surface area contributed by atoms with Crippen LogP contribution < -0.4 is 10.2 Å². The first kappa shape index (κ1) is 15.7. The van der Waals surface area contributed by atoms with E-state index in [0.29, 0.717) is 12.0 Å². The van der Waals surface area contributed by atoms with Crippen molar-refractivity contribution in [2.45, 2.75) is 50.5 Å². The molecule has 3 nitrogen and oxygen atoms in total. The molecule has 1 heterocycles. The number of amides is 1. The van der Waals surface area contributed by atoms with Gasteiger partial charge in [-0.15, -0.1) is 11.8 Å². The van der Waals surface area contributed by atoms with Gasteiger partial charge in [-0.2, -0.15) is 0 Å². The number of carbonyl (C=O) groups excluding carboxylic acids is 1. The molecule has 0 spiro atoms. The van der Waals surface area contributed by atoms with Gasteiger partial charge in [-0.25, -0.2) is 0 Å². The molecule has 1 amide bonds. The van der Waals surface area contributed by atoms with E-state index in [1.165, 1.54) is 29.8 Å². The maximum absolute atomic E-state index is 12.6. The lowest BCUT2D eigenvalue weighted by Gasteiger charge is -2.31. The average Bonchev–Trinajstić information content (AvgIpc) is 2.55. The van der Waals surface area contributed by atoms with E-state index in [9.17, 15) is 4.79 Å². The Morgan fingerprint density at radius 2 is 2.18 bits per heavy atom. The Morgan fingerprint density at radius 3 is 2.95 bits per heavy atom. The Morgan fingerprint density at radius 1 is 1.36 bits per heavy atom. The molecule has 2 aliphatic rings. The third-order valence-electron chi connectivity index (χ3n) is 4.99. The van der Waals surface area contributed by atoms with Crippen LogP contribution in [0.1, 0.15) is 49.9 Å².